The highest BCUT2D eigenvalue weighted by atomic mass is 16.5. The number of rotatable bonds is 7. The predicted octanol–water partition coefficient (Wildman–Crippen LogP) is 1.25. The van der Waals surface area contributed by atoms with Crippen molar-refractivity contribution in [1.82, 2.24) is 15.1 Å². The Morgan fingerprint density at radius 1 is 1.50 bits per heavy atom. The average molecular weight is 281 g/mol. The zero-order valence-electron chi connectivity index (χ0n) is 12.2. The number of ether oxygens (including phenoxy) is 2. The smallest absolute Gasteiger partial charge is 0.186 e. The van der Waals surface area contributed by atoms with Gasteiger partial charge in [0.25, 0.3) is 0 Å². The van der Waals surface area contributed by atoms with Crippen LogP contribution in [0.25, 0.3) is 0 Å². The second kappa shape index (κ2) is 7.40. The lowest BCUT2D eigenvalue weighted by Gasteiger charge is -2.22. The molecule has 6 heteroatoms. The molecule has 1 saturated heterocycles. The molecule has 1 aromatic rings. The Hall–Kier alpha value is -1.40. The summed E-state index contributed by atoms with van der Waals surface area (Å²) in [4.78, 5) is 12.3. The van der Waals surface area contributed by atoms with Crippen LogP contribution in [-0.4, -0.2) is 48.5 Å². The highest BCUT2D eigenvalue weighted by Gasteiger charge is 2.19. The van der Waals surface area contributed by atoms with Crippen LogP contribution in [0.15, 0.2) is 6.20 Å². The maximum atomic E-state index is 12.3. The lowest BCUT2D eigenvalue weighted by molar-refractivity contribution is 0.0311. The molecule has 1 N–H and O–H groups in total. The third-order valence-corrected chi connectivity index (χ3v) is 3.56. The van der Waals surface area contributed by atoms with Gasteiger partial charge in [0.2, 0.25) is 0 Å². The normalized spacial score (nSPS) is 16.3. The number of Topliss-reactive ketones (excluding diaryl/α,β-unsaturated/α-hetero) is 1. The van der Waals surface area contributed by atoms with E-state index in [9.17, 15) is 4.79 Å². The molecule has 0 amide bonds. The Bertz CT molecular complexity index is 417. The summed E-state index contributed by atoms with van der Waals surface area (Å²) in [6, 6.07) is 0. The Morgan fingerprint density at radius 2 is 2.25 bits per heavy atom. The van der Waals surface area contributed by atoms with Crippen LogP contribution in [0.4, 0.5) is 0 Å². The van der Waals surface area contributed by atoms with E-state index in [1.165, 1.54) is 0 Å². The Labute approximate surface area is 119 Å². The van der Waals surface area contributed by atoms with Gasteiger partial charge in [0.15, 0.2) is 11.5 Å². The SMILES string of the molecule is CCn1ncc(OC)c1C(=O)CCOC1CCNCC1. The number of hydrogen-bond acceptors (Lipinski definition) is 5. The lowest BCUT2D eigenvalue weighted by Crippen LogP contribution is -2.32. The first-order valence-corrected chi connectivity index (χ1v) is 7.21. The van der Waals surface area contributed by atoms with E-state index in [1.807, 2.05) is 6.92 Å². The molecule has 1 aliphatic heterocycles. The second-order valence-corrected chi connectivity index (χ2v) is 4.87. The topological polar surface area (TPSA) is 65.4 Å². The highest BCUT2D eigenvalue weighted by molar-refractivity contribution is 5.97. The molecule has 0 atom stereocenters. The molecule has 0 unspecified atom stereocenters. The molecule has 0 bridgehead atoms. The molecule has 1 aromatic heterocycles. The summed E-state index contributed by atoms with van der Waals surface area (Å²) >= 11 is 0. The van der Waals surface area contributed by atoms with Crippen LogP contribution in [-0.2, 0) is 11.3 Å². The molecular formula is C14H23N3O3. The van der Waals surface area contributed by atoms with Crippen LogP contribution in [0.3, 0.4) is 0 Å². The standard InChI is InChI=1S/C14H23N3O3/c1-3-17-14(13(19-2)10-16-17)12(18)6-9-20-11-4-7-15-8-5-11/h10-11,15H,3-9H2,1-2H3. The molecule has 0 saturated carbocycles. The third-order valence-electron chi connectivity index (χ3n) is 3.56. The molecule has 0 spiro atoms. The molecule has 2 heterocycles. The van der Waals surface area contributed by atoms with E-state index in [4.69, 9.17) is 9.47 Å². The van der Waals surface area contributed by atoms with Crippen molar-refractivity contribution < 1.29 is 14.3 Å². The van der Waals surface area contributed by atoms with Gasteiger partial charge in [-0.2, -0.15) is 5.10 Å². The molecule has 6 nitrogen and oxygen atoms in total. The number of nitrogens with one attached hydrogen (secondary N) is 1. The predicted molar refractivity (Wildman–Crippen MR) is 75.2 cm³/mol. The van der Waals surface area contributed by atoms with E-state index < -0.39 is 0 Å². The fourth-order valence-electron chi connectivity index (χ4n) is 2.44. The van der Waals surface area contributed by atoms with Crippen molar-refractivity contribution in [2.45, 2.75) is 38.8 Å². The summed E-state index contributed by atoms with van der Waals surface area (Å²) < 4.78 is 12.6. The first-order chi connectivity index (χ1) is 9.76. The average Bonchev–Trinajstić information content (AvgIpc) is 2.91. The van der Waals surface area contributed by atoms with Gasteiger partial charge in [0.1, 0.15) is 5.69 Å². The van der Waals surface area contributed by atoms with Crippen molar-refractivity contribution in [2.24, 2.45) is 0 Å². The fourth-order valence-corrected chi connectivity index (χ4v) is 2.44. The van der Waals surface area contributed by atoms with Crippen molar-refractivity contribution >= 4 is 5.78 Å². The molecular weight excluding hydrogens is 258 g/mol. The van der Waals surface area contributed by atoms with E-state index in [-0.39, 0.29) is 11.9 Å². The Kier molecular flexibility index (Phi) is 5.55. The summed E-state index contributed by atoms with van der Waals surface area (Å²) in [5.41, 5.74) is 0.545. The van der Waals surface area contributed by atoms with Gasteiger partial charge in [-0.05, 0) is 32.9 Å². The van der Waals surface area contributed by atoms with Gasteiger partial charge in [-0.25, -0.2) is 0 Å². The van der Waals surface area contributed by atoms with E-state index in [2.05, 4.69) is 10.4 Å². The first kappa shape index (κ1) is 15.0. The molecule has 0 radical (unpaired) electrons. The summed E-state index contributed by atoms with van der Waals surface area (Å²) in [6.45, 7) is 5.06. The maximum Gasteiger partial charge on any atom is 0.186 e. The summed E-state index contributed by atoms with van der Waals surface area (Å²) in [6.07, 6.45) is 4.27. The zero-order valence-corrected chi connectivity index (χ0v) is 12.2. The van der Waals surface area contributed by atoms with E-state index in [0.29, 0.717) is 31.0 Å². The molecule has 1 aliphatic rings. The van der Waals surface area contributed by atoms with Crippen LogP contribution >= 0.6 is 0 Å². The molecule has 1 fully saturated rings. The molecule has 20 heavy (non-hydrogen) atoms. The van der Waals surface area contributed by atoms with Gasteiger partial charge in [0, 0.05) is 13.0 Å². The monoisotopic (exact) mass is 281 g/mol. The minimum absolute atomic E-state index is 0.0233. The number of aryl methyl sites for hydroxylation is 1. The van der Waals surface area contributed by atoms with Crippen molar-refractivity contribution in [2.75, 3.05) is 26.8 Å². The number of methoxy groups -OCH3 is 1. The summed E-state index contributed by atoms with van der Waals surface area (Å²) in [7, 11) is 1.55. The van der Waals surface area contributed by atoms with Gasteiger partial charge in [-0.1, -0.05) is 0 Å². The Balaban J connectivity index is 1.86. The quantitative estimate of drug-likeness (QED) is 0.762. The van der Waals surface area contributed by atoms with Crippen molar-refractivity contribution in [1.29, 1.82) is 0 Å². The number of carbonyl (C=O) groups excluding carboxylic acids is 1. The van der Waals surface area contributed by atoms with Crippen molar-refractivity contribution in [3.05, 3.63) is 11.9 Å². The van der Waals surface area contributed by atoms with Gasteiger partial charge >= 0.3 is 0 Å². The van der Waals surface area contributed by atoms with Crippen LogP contribution in [0.5, 0.6) is 5.75 Å². The van der Waals surface area contributed by atoms with Crippen LogP contribution in [0.1, 0.15) is 36.7 Å². The largest absolute Gasteiger partial charge is 0.493 e. The molecule has 0 aliphatic carbocycles. The van der Waals surface area contributed by atoms with E-state index >= 15 is 0 Å². The summed E-state index contributed by atoms with van der Waals surface area (Å²) in [5.74, 6) is 0.564. The van der Waals surface area contributed by atoms with Gasteiger partial charge in [-0.3, -0.25) is 9.48 Å². The minimum Gasteiger partial charge on any atom is -0.493 e. The van der Waals surface area contributed by atoms with Crippen LogP contribution in [0, 0.1) is 0 Å². The number of piperidine rings is 1. The first-order valence-electron chi connectivity index (χ1n) is 7.21. The number of aromatic nitrogens is 2. The number of carbonyl (C=O) groups is 1. The second-order valence-electron chi connectivity index (χ2n) is 4.87. The number of nitrogens with zero attached hydrogens (tertiary/aromatic N) is 2. The van der Waals surface area contributed by atoms with E-state index in [1.54, 1.807) is 18.0 Å². The van der Waals surface area contributed by atoms with E-state index in [0.717, 1.165) is 25.9 Å². The van der Waals surface area contributed by atoms with Gasteiger partial charge in [-0.15, -0.1) is 0 Å². The van der Waals surface area contributed by atoms with Gasteiger partial charge < -0.3 is 14.8 Å². The summed E-state index contributed by atoms with van der Waals surface area (Å²) in [5, 5.41) is 7.44. The lowest BCUT2D eigenvalue weighted by atomic mass is 10.1. The molecule has 2 rings (SSSR count). The highest BCUT2D eigenvalue weighted by Crippen LogP contribution is 2.19. The van der Waals surface area contributed by atoms with Crippen LogP contribution < -0.4 is 10.1 Å². The molecule has 112 valence electrons. The van der Waals surface area contributed by atoms with Gasteiger partial charge in [0.05, 0.1) is 26.0 Å². The maximum absolute atomic E-state index is 12.3. The third kappa shape index (κ3) is 3.58. The fraction of sp³-hybridized carbons (Fsp3) is 0.714. The zero-order chi connectivity index (χ0) is 14.4. The molecule has 0 aromatic carbocycles. The van der Waals surface area contributed by atoms with Crippen molar-refractivity contribution in [3.63, 3.8) is 0 Å². The minimum atomic E-state index is 0.0233. The Morgan fingerprint density at radius 3 is 2.90 bits per heavy atom. The number of hydrogen-bond donors (Lipinski definition) is 1. The van der Waals surface area contributed by atoms with Crippen molar-refractivity contribution in [3.8, 4) is 5.75 Å². The number of ketones is 1. The van der Waals surface area contributed by atoms with Crippen LogP contribution in [0.2, 0.25) is 0 Å².